The molecule has 17 heavy (non-hydrogen) atoms. The molecule has 1 nitrogen and oxygen atoms in total. The highest BCUT2D eigenvalue weighted by atomic mass is 79.9. The van der Waals surface area contributed by atoms with Crippen LogP contribution in [0.5, 0.6) is 0 Å². The molecule has 0 heterocycles. The van der Waals surface area contributed by atoms with Crippen molar-refractivity contribution in [1.82, 2.24) is 5.32 Å². The van der Waals surface area contributed by atoms with Crippen LogP contribution >= 0.6 is 15.9 Å². The summed E-state index contributed by atoms with van der Waals surface area (Å²) in [4.78, 5) is 0. The van der Waals surface area contributed by atoms with Crippen molar-refractivity contribution in [2.45, 2.75) is 32.1 Å². The van der Waals surface area contributed by atoms with Crippen LogP contribution in [0.2, 0.25) is 0 Å². The lowest BCUT2D eigenvalue weighted by Gasteiger charge is -2.13. The standard InChI is InChI=1S/C14H19BrFN/c1-3-6-17-9-10-8-14(10,2)12-5-4-11(15)7-13(12)16/h4-5,7,10,17H,3,6,8-9H2,1-2H3. The first-order valence-corrected chi connectivity index (χ1v) is 7.03. The molecule has 3 heteroatoms. The summed E-state index contributed by atoms with van der Waals surface area (Å²) >= 11 is 3.30. The van der Waals surface area contributed by atoms with Crippen molar-refractivity contribution >= 4 is 15.9 Å². The fourth-order valence-electron chi connectivity index (χ4n) is 2.49. The maximum Gasteiger partial charge on any atom is 0.128 e. The molecule has 1 saturated carbocycles. The van der Waals surface area contributed by atoms with Crippen LogP contribution in [0.1, 0.15) is 32.3 Å². The van der Waals surface area contributed by atoms with Gasteiger partial charge in [-0.3, -0.25) is 0 Å². The summed E-state index contributed by atoms with van der Waals surface area (Å²) in [5, 5.41) is 3.42. The minimum absolute atomic E-state index is 0.0333. The Bertz CT molecular complexity index is 407. The molecule has 94 valence electrons. The lowest BCUT2D eigenvalue weighted by Crippen LogP contribution is -2.21. The van der Waals surface area contributed by atoms with E-state index in [9.17, 15) is 4.39 Å². The van der Waals surface area contributed by atoms with Gasteiger partial charge >= 0.3 is 0 Å². The largest absolute Gasteiger partial charge is 0.316 e. The van der Waals surface area contributed by atoms with E-state index in [0.29, 0.717) is 5.92 Å². The second kappa shape index (κ2) is 5.07. The van der Waals surface area contributed by atoms with E-state index in [-0.39, 0.29) is 11.2 Å². The monoisotopic (exact) mass is 299 g/mol. The summed E-state index contributed by atoms with van der Waals surface area (Å²) in [5.74, 6) is 0.490. The molecule has 2 unspecified atom stereocenters. The molecule has 1 aromatic rings. The zero-order chi connectivity index (χ0) is 12.5. The van der Waals surface area contributed by atoms with Crippen LogP contribution in [0, 0.1) is 11.7 Å². The van der Waals surface area contributed by atoms with E-state index in [4.69, 9.17) is 0 Å². The van der Waals surface area contributed by atoms with E-state index in [0.717, 1.165) is 36.0 Å². The summed E-state index contributed by atoms with van der Waals surface area (Å²) in [6.07, 6.45) is 2.23. The van der Waals surface area contributed by atoms with E-state index in [1.54, 1.807) is 6.07 Å². The molecule has 0 spiro atoms. The number of benzene rings is 1. The fraction of sp³-hybridized carbons (Fsp3) is 0.571. The minimum Gasteiger partial charge on any atom is -0.316 e. The van der Waals surface area contributed by atoms with Gasteiger partial charge in [0.2, 0.25) is 0 Å². The Hall–Kier alpha value is -0.410. The summed E-state index contributed by atoms with van der Waals surface area (Å²) in [6, 6.07) is 5.41. The molecule has 0 bridgehead atoms. The highest BCUT2D eigenvalue weighted by molar-refractivity contribution is 9.10. The van der Waals surface area contributed by atoms with Gasteiger partial charge in [-0.25, -0.2) is 4.39 Å². The molecule has 0 radical (unpaired) electrons. The van der Waals surface area contributed by atoms with Crippen molar-refractivity contribution in [1.29, 1.82) is 0 Å². The van der Waals surface area contributed by atoms with Crippen molar-refractivity contribution in [3.63, 3.8) is 0 Å². The second-order valence-corrected chi connectivity index (χ2v) is 6.06. The SMILES string of the molecule is CCCNCC1CC1(C)c1ccc(Br)cc1F. The van der Waals surface area contributed by atoms with Gasteiger partial charge in [-0.05, 0) is 55.0 Å². The molecule has 0 saturated heterocycles. The minimum atomic E-state index is -0.0835. The summed E-state index contributed by atoms with van der Waals surface area (Å²) in [7, 11) is 0. The smallest absolute Gasteiger partial charge is 0.128 e. The third-order valence-corrected chi connectivity index (χ3v) is 4.27. The Morgan fingerprint density at radius 2 is 2.29 bits per heavy atom. The van der Waals surface area contributed by atoms with Crippen LogP contribution in [0.15, 0.2) is 22.7 Å². The maximum atomic E-state index is 13.9. The first kappa shape index (κ1) is 13.0. The van der Waals surface area contributed by atoms with Crippen molar-refractivity contribution in [2.24, 2.45) is 5.92 Å². The second-order valence-electron chi connectivity index (χ2n) is 5.15. The summed E-state index contributed by atoms with van der Waals surface area (Å²) < 4.78 is 14.7. The molecule has 1 aromatic carbocycles. The third-order valence-electron chi connectivity index (χ3n) is 3.78. The lowest BCUT2D eigenvalue weighted by molar-refractivity contribution is 0.540. The van der Waals surface area contributed by atoms with Gasteiger partial charge in [0.05, 0.1) is 0 Å². The molecule has 1 N–H and O–H groups in total. The predicted octanol–water partition coefficient (Wildman–Crippen LogP) is 3.87. The predicted molar refractivity (Wildman–Crippen MR) is 72.7 cm³/mol. The van der Waals surface area contributed by atoms with Gasteiger partial charge in [-0.2, -0.15) is 0 Å². The molecular weight excluding hydrogens is 281 g/mol. The fourth-order valence-corrected chi connectivity index (χ4v) is 2.82. The van der Waals surface area contributed by atoms with E-state index in [1.807, 2.05) is 12.1 Å². The highest BCUT2D eigenvalue weighted by Gasteiger charge is 2.51. The number of hydrogen-bond acceptors (Lipinski definition) is 1. The zero-order valence-corrected chi connectivity index (χ0v) is 12.0. The number of rotatable bonds is 5. The molecule has 0 aromatic heterocycles. The summed E-state index contributed by atoms with van der Waals surface area (Å²) in [5.41, 5.74) is 0.898. The van der Waals surface area contributed by atoms with Crippen molar-refractivity contribution in [3.05, 3.63) is 34.1 Å². The van der Waals surface area contributed by atoms with E-state index >= 15 is 0 Å². The van der Waals surface area contributed by atoms with Gasteiger partial charge < -0.3 is 5.32 Å². The Labute approximate surface area is 111 Å². The maximum absolute atomic E-state index is 13.9. The quantitative estimate of drug-likeness (QED) is 0.814. The van der Waals surface area contributed by atoms with E-state index in [1.165, 1.54) is 0 Å². The van der Waals surface area contributed by atoms with E-state index < -0.39 is 0 Å². The van der Waals surface area contributed by atoms with Crippen LogP contribution in [-0.4, -0.2) is 13.1 Å². The van der Waals surface area contributed by atoms with Crippen molar-refractivity contribution < 1.29 is 4.39 Å². The molecule has 1 aliphatic carbocycles. The first-order valence-electron chi connectivity index (χ1n) is 6.24. The first-order chi connectivity index (χ1) is 8.08. The molecule has 1 fully saturated rings. The number of nitrogens with one attached hydrogen (secondary N) is 1. The number of halogens is 2. The summed E-state index contributed by atoms with van der Waals surface area (Å²) in [6.45, 7) is 6.38. The lowest BCUT2D eigenvalue weighted by atomic mass is 9.95. The Morgan fingerprint density at radius 1 is 1.53 bits per heavy atom. The number of hydrogen-bond donors (Lipinski definition) is 1. The van der Waals surface area contributed by atoms with Crippen LogP contribution in [0.4, 0.5) is 4.39 Å². The van der Waals surface area contributed by atoms with Crippen LogP contribution in [0.25, 0.3) is 0 Å². The zero-order valence-electron chi connectivity index (χ0n) is 10.4. The van der Waals surface area contributed by atoms with E-state index in [2.05, 4.69) is 35.1 Å². The molecule has 2 rings (SSSR count). The van der Waals surface area contributed by atoms with Crippen molar-refractivity contribution in [2.75, 3.05) is 13.1 Å². The van der Waals surface area contributed by atoms with Gasteiger partial charge in [-0.15, -0.1) is 0 Å². The molecule has 2 atom stereocenters. The van der Waals surface area contributed by atoms with Gasteiger partial charge in [0.1, 0.15) is 5.82 Å². The van der Waals surface area contributed by atoms with Crippen LogP contribution in [0.3, 0.4) is 0 Å². The Morgan fingerprint density at radius 3 is 2.94 bits per heavy atom. The average Bonchev–Trinajstić information content (AvgIpc) is 2.90. The molecule has 0 amide bonds. The third kappa shape index (κ3) is 2.71. The van der Waals surface area contributed by atoms with Crippen molar-refractivity contribution in [3.8, 4) is 0 Å². The van der Waals surface area contributed by atoms with Gasteiger partial charge in [0.15, 0.2) is 0 Å². The highest BCUT2D eigenvalue weighted by Crippen LogP contribution is 2.54. The normalized spacial score (nSPS) is 27.2. The molecule has 0 aliphatic heterocycles. The molecular formula is C14H19BrFN. The van der Waals surface area contributed by atoms with Gasteiger partial charge in [-0.1, -0.05) is 35.8 Å². The average molecular weight is 300 g/mol. The van der Waals surface area contributed by atoms with Gasteiger partial charge in [0, 0.05) is 4.47 Å². The Kier molecular flexibility index (Phi) is 3.88. The van der Waals surface area contributed by atoms with Crippen LogP contribution in [-0.2, 0) is 5.41 Å². The molecule has 1 aliphatic rings. The van der Waals surface area contributed by atoms with Crippen LogP contribution < -0.4 is 5.32 Å². The van der Waals surface area contributed by atoms with Gasteiger partial charge in [0.25, 0.3) is 0 Å². The topological polar surface area (TPSA) is 12.0 Å². The Balaban J connectivity index is 2.03.